The van der Waals surface area contributed by atoms with Gasteiger partial charge in [-0.15, -0.1) is 0 Å². The summed E-state index contributed by atoms with van der Waals surface area (Å²) in [5.41, 5.74) is 5.30. The molecule has 0 spiro atoms. The summed E-state index contributed by atoms with van der Waals surface area (Å²) in [6.07, 6.45) is 7.47. The van der Waals surface area contributed by atoms with E-state index in [9.17, 15) is 0 Å². The molecule has 0 saturated heterocycles. The molecule has 0 unspecified atom stereocenters. The third-order valence-corrected chi connectivity index (χ3v) is 4.96. The Bertz CT molecular complexity index is 707. The second kappa shape index (κ2) is 7.87. The number of fused-ring (bicyclic) bond motifs is 1. The van der Waals surface area contributed by atoms with Crippen LogP contribution in [0.1, 0.15) is 50.9 Å². The lowest BCUT2D eigenvalue weighted by Crippen LogP contribution is -2.26. The van der Waals surface area contributed by atoms with E-state index in [1.54, 1.807) is 0 Å². The molecule has 1 aliphatic heterocycles. The van der Waals surface area contributed by atoms with Crippen molar-refractivity contribution in [3.63, 3.8) is 0 Å². The molecular weight excluding hydrogens is 312 g/mol. The minimum absolute atomic E-state index is 0.496. The lowest BCUT2D eigenvalue weighted by atomic mass is 9.95. The molecule has 1 aliphatic rings. The highest BCUT2D eigenvalue weighted by Gasteiger charge is 2.21. The number of hydrogen-bond acceptors (Lipinski definition) is 4. The number of nitrogens with zero attached hydrogens (tertiary/aromatic N) is 3. The first-order valence-corrected chi connectivity index (χ1v) is 9.38. The summed E-state index contributed by atoms with van der Waals surface area (Å²) in [7, 11) is 2.14. The van der Waals surface area contributed by atoms with Crippen molar-refractivity contribution in [1.82, 2.24) is 25.1 Å². The van der Waals surface area contributed by atoms with Gasteiger partial charge < -0.3 is 15.2 Å². The molecule has 0 saturated carbocycles. The predicted octanol–water partition coefficient (Wildman–Crippen LogP) is 3.93. The molecule has 3 N–H and O–H groups in total. The molecule has 0 bridgehead atoms. The van der Waals surface area contributed by atoms with Gasteiger partial charge in [0.15, 0.2) is 5.82 Å². The minimum Gasteiger partial charge on any atom is -0.356 e. The van der Waals surface area contributed by atoms with E-state index >= 15 is 0 Å². The zero-order chi connectivity index (χ0) is 17.8. The number of aromatic nitrogens is 4. The summed E-state index contributed by atoms with van der Waals surface area (Å²) < 4.78 is 0. The highest BCUT2D eigenvalue weighted by molar-refractivity contribution is 5.70. The molecule has 0 fully saturated rings. The average Bonchev–Trinajstić information content (AvgIpc) is 3.20. The summed E-state index contributed by atoms with van der Waals surface area (Å²) in [5.74, 6) is 1.35. The molecule has 0 atom stereocenters. The standard InChI is InChI=1S/C19H30N6/c1-5-7-14(8-6-2)13(3)21-16-11-20-24-18(16)19-22-15-9-10-25(4)12-17(15)23-19/h11,14,21H,3,5-10,12H2,1-2,4H3,(H,20,24)(H,22,23). The number of anilines is 1. The maximum atomic E-state index is 4.79. The normalized spacial score (nSPS) is 14.7. The van der Waals surface area contributed by atoms with Gasteiger partial charge in [-0.05, 0) is 25.8 Å². The molecule has 6 nitrogen and oxygen atoms in total. The Hall–Kier alpha value is -2.08. The maximum Gasteiger partial charge on any atom is 0.158 e. The third-order valence-electron chi connectivity index (χ3n) is 4.96. The summed E-state index contributed by atoms with van der Waals surface area (Å²) in [4.78, 5) is 10.6. The third kappa shape index (κ3) is 3.95. The Morgan fingerprint density at radius 3 is 2.84 bits per heavy atom. The Kier molecular flexibility index (Phi) is 5.58. The summed E-state index contributed by atoms with van der Waals surface area (Å²) in [6.45, 7) is 10.7. The van der Waals surface area contributed by atoms with Crippen molar-refractivity contribution in [3.05, 3.63) is 29.9 Å². The first-order chi connectivity index (χ1) is 12.1. The Morgan fingerprint density at radius 1 is 1.36 bits per heavy atom. The van der Waals surface area contributed by atoms with E-state index in [2.05, 4.69) is 52.9 Å². The predicted molar refractivity (Wildman–Crippen MR) is 102 cm³/mol. The average molecular weight is 342 g/mol. The van der Waals surface area contributed by atoms with Gasteiger partial charge in [-0.2, -0.15) is 5.10 Å². The largest absolute Gasteiger partial charge is 0.356 e. The van der Waals surface area contributed by atoms with Crippen molar-refractivity contribution >= 4 is 5.69 Å². The fourth-order valence-electron chi connectivity index (χ4n) is 3.57. The molecule has 2 aromatic heterocycles. The van der Waals surface area contributed by atoms with Gasteiger partial charge >= 0.3 is 0 Å². The van der Waals surface area contributed by atoms with Crippen molar-refractivity contribution in [2.45, 2.75) is 52.5 Å². The number of aromatic amines is 2. The molecule has 0 aliphatic carbocycles. The summed E-state index contributed by atoms with van der Waals surface area (Å²) in [5, 5.41) is 10.8. The molecular formula is C19H30N6. The van der Waals surface area contributed by atoms with Crippen LogP contribution in [0.15, 0.2) is 18.5 Å². The van der Waals surface area contributed by atoms with E-state index in [1.165, 1.54) is 24.2 Å². The van der Waals surface area contributed by atoms with Gasteiger partial charge in [0.1, 0.15) is 5.69 Å². The quantitative estimate of drug-likeness (QED) is 0.679. The molecule has 136 valence electrons. The van der Waals surface area contributed by atoms with E-state index in [4.69, 9.17) is 4.98 Å². The van der Waals surface area contributed by atoms with Gasteiger partial charge in [0.25, 0.3) is 0 Å². The maximum absolute atomic E-state index is 4.79. The number of hydrogen-bond donors (Lipinski definition) is 3. The number of allylic oxidation sites excluding steroid dienone is 1. The minimum atomic E-state index is 0.496. The first kappa shape index (κ1) is 17.7. The van der Waals surface area contributed by atoms with Crippen LogP contribution in [0.25, 0.3) is 11.5 Å². The van der Waals surface area contributed by atoms with Crippen molar-refractivity contribution < 1.29 is 0 Å². The smallest absolute Gasteiger partial charge is 0.158 e. The molecule has 0 radical (unpaired) electrons. The van der Waals surface area contributed by atoms with Gasteiger partial charge in [0, 0.05) is 25.2 Å². The molecule has 0 aromatic carbocycles. The lowest BCUT2D eigenvalue weighted by molar-refractivity contribution is 0.307. The SMILES string of the molecule is C=C(Nc1cn[nH]c1-c1nc2c([nH]1)CN(C)CC2)C(CCC)CCC. The van der Waals surface area contributed by atoms with Gasteiger partial charge in [-0.1, -0.05) is 33.3 Å². The number of nitrogens with one attached hydrogen (secondary N) is 3. The van der Waals surface area contributed by atoms with Crippen LogP contribution < -0.4 is 5.32 Å². The Labute approximate surface area is 150 Å². The van der Waals surface area contributed by atoms with Crippen LogP contribution in [0.3, 0.4) is 0 Å². The van der Waals surface area contributed by atoms with Crippen LogP contribution in [0.2, 0.25) is 0 Å². The molecule has 3 rings (SSSR count). The number of imidazole rings is 1. The van der Waals surface area contributed by atoms with Crippen molar-refractivity contribution in [2.75, 3.05) is 18.9 Å². The fourth-order valence-corrected chi connectivity index (χ4v) is 3.57. The van der Waals surface area contributed by atoms with Gasteiger partial charge in [-0.3, -0.25) is 5.10 Å². The molecule has 2 aromatic rings. The van der Waals surface area contributed by atoms with E-state index in [-0.39, 0.29) is 0 Å². The van der Waals surface area contributed by atoms with Gasteiger partial charge in [-0.25, -0.2) is 4.98 Å². The zero-order valence-electron chi connectivity index (χ0n) is 15.7. The second-order valence-corrected chi connectivity index (χ2v) is 7.08. The molecule has 6 heteroatoms. The fraction of sp³-hybridized carbons (Fsp3) is 0.579. The van der Waals surface area contributed by atoms with E-state index in [0.29, 0.717) is 5.92 Å². The van der Waals surface area contributed by atoms with Crippen LogP contribution in [0.4, 0.5) is 5.69 Å². The van der Waals surface area contributed by atoms with Crippen molar-refractivity contribution in [1.29, 1.82) is 0 Å². The van der Waals surface area contributed by atoms with Crippen LogP contribution >= 0.6 is 0 Å². The topological polar surface area (TPSA) is 72.6 Å². The Morgan fingerprint density at radius 2 is 2.12 bits per heavy atom. The lowest BCUT2D eigenvalue weighted by Gasteiger charge is -2.20. The van der Waals surface area contributed by atoms with Crippen LogP contribution in [0, 0.1) is 5.92 Å². The summed E-state index contributed by atoms with van der Waals surface area (Å²) in [6, 6.07) is 0. The number of rotatable bonds is 8. The molecule has 3 heterocycles. The van der Waals surface area contributed by atoms with Crippen LogP contribution in [0.5, 0.6) is 0 Å². The molecule has 25 heavy (non-hydrogen) atoms. The summed E-state index contributed by atoms with van der Waals surface area (Å²) >= 11 is 0. The van der Waals surface area contributed by atoms with Crippen LogP contribution in [-0.4, -0.2) is 38.7 Å². The van der Waals surface area contributed by atoms with Crippen molar-refractivity contribution in [3.8, 4) is 11.5 Å². The van der Waals surface area contributed by atoms with E-state index in [1.807, 2.05) is 6.20 Å². The van der Waals surface area contributed by atoms with Gasteiger partial charge in [0.05, 0.1) is 23.3 Å². The highest BCUT2D eigenvalue weighted by Crippen LogP contribution is 2.29. The second-order valence-electron chi connectivity index (χ2n) is 7.08. The molecule has 0 amide bonds. The highest BCUT2D eigenvalue weighted by atomic mass is 15.2. The Balaban J connectivity index is 1.78. The zero-order valence-corrected chi connectivity index (χ0v) is 15.7. The van der Waals surface area contributed by atoms with E-state index in [0.717, 1.165) is 55.3 Å². The first-order valence-electron chi connectivity index (χ1n) is 9.38. The van der Waals surface area contributed by atoms with Crippen molar-refractivity contribution in [2.24, 2.45) is 5.92 Å². The number of H-pyrrole nitrogens is 2. The monoisotopic (exact) mass is 342 g/mol. The van der Waals surface area contributed by atoms with Gasteiger partial charge in [0.2, 0.25) is 0 Å². The van der Waals surface area contributed by atoms with E-state index < -0.39 is 0 Å². The number of likely N-dealkylation sites (N-methyl/N-ethyl adjacent to an activating group) is 1. The van der Waals surface area contributed by atoms with Crippen LogP contribution in [-0.2, 0) is 13.0 Å².